The number of nitrogens with zero attached hydrogens (tertiary/aromatic N) is 6. The molecule has 4 aromatic rings. The lowest BCUT2D eigenvalue weighted by molar-refractivity contribution is 0.948. The van der Waals surface area contributed by atoms with E-state index < -0.39 is 0 Å². The first-order valence-electron chi connectivity index (χ1n) is 6.38. The summed E-state index contributed by atoms with van der Waals surface area (Å²) in [6.07, 6.45) is 6.45. The summed E-state index contributed by atoms with van der Waals surface area (Å²) in [4.78, 5) is 25.1. The van der Waals surface area contributed by atoms with Crippen LogP contribution in [-0.2, 0) is 0 Å². The minimum absolute atomic E-state index is 0.138. The van der Waals surface area contributed by atoms with Gasteiger partial charge in [-0.15, -0.1) is 0 Å². The standard InChI is InChI=1S/C14H10N6O/c1-9-12-11(20-14(18-9)16-8-17-20)4-7-19(13(12)21)10-2-5-15-6-3-10/h2-8H,1H3. The Morgan fingerprint density at radius 2 is 1.95 bits per heavy atom. The number of fused-ring (bicyclic) bond motifs is 3. The molecule has 0 spiro atoms. The Morgan fingerprint density at radius 1 is 1.14 bits per heavy atom. The quantitative estimate of drug-likeness (QED) is 0.521. The van der Waals surface area contributed by atoms with Crippen molar-refractivity contribution in [1.29, 1.82) is 0 Å². The first-order chi connectivity index (χ1) is 10.3. The van der Waals surface area contributed by atoms with Crippen LogP contribution in [0.2, 0.25) is 0 Å². The average Bonchev–Trinajstić information content (AvgIpc) is 2.96. The third-order valence-corrected chi connectivity index (χ3v) is 3.40. The highest BCUT2D eigenvalue weighted by atomic mass is 16.1. The van der Waals surface area contributed by atoms with Crippen molar-refractivity contribution in [3.05, 3.63) is 59.2 Å². The molecule has 0 bridgehead atoms. The van der Waals surface area contributed by atoms with Crippen molar-refractivity contribution in [1.82, 2.24) is 29.1 Å². The molecule has 4 aromatic heterocycles. The fraction of sp³-hybridized carbons (Fsp3) is 0.0714. The van der Waals surface area contributed by atoms with Crippen LogP contribution in [-0.4, -0.2) is 29.1 Å². The van der Waals surface area contributed by atoms with Gasteiger partial charge >= 0.3 is 0 Å². The molecule has 7 heteroatoms. The van der Waals surface area contributed by atoms with Gasteiger partial charge in [-0.1, -0.05) is 0 Å². The van der Waals surface area contributed by atoms with E-state index in [1.165, 1.54) is 6.33 Å². The predicted molar refractivity (Wildman–Crippen MR) is 76.4 cm³/mol. The lowest BCUT2D eigenvalue weighted by Gasteiger charge is -2.08. The highest BCUT2D eigenvalue weighted by molar-refractivity contribution is 5.82. The van der Waals surface area contributed by atoms with Crippen molar-refractivity contribution in [2.24, 2.45) is 0 Å². The summed E-state index contributed by atoms with van der Waals surface area (Å²) in [7, 11) is 0. The molecule has 4 rings (SSSR count). The molecule has 0 N–H and O–H groups in total. The van der Waals surface area contributed by atoms with Crippen LogP contribution in [0.5, 0.6) is 0 Å². The van der Waals surface area contributed by atoms with Gasteiger partial charge in [0.1, 0.15) is 6.33 Å². The molecular weight excluding hydrogens is 268 g/mol. The van der Waals surface area contributed by atoms with Crippen LogP contribution in [0.4, 0.5) is 0 Å². The zero-order chi connectivity index (χ0) is 14.4. The maximum Gasteiger partial charge on any atom is 0.266 e. The molecule has 21 heavy (non-hydrogen) atoms. The van der Waals surface area contributed by atoms with Crippen LogP contribution in [0.25, 0.3) is 22.4 Å². The van der Waals surface area contributed by atoms with Gasteiger partial charge in [-0.05, 0) is 25.1 Å². The Bertz CT molecular complexity index is 1020. The highest BCUT2D eigenvalue weighted by Crippen LogP contribution is 2.15. The summed E-state index contributed by atoms with van der Waals surface area (Å²) in [6.45, 7) is 1.80. The minimum Gasteiger partial charge on any atom is -0.283 e. The lowest BCUT2D eigenvalue weighted by atomic mass is 10.2. The van der Waals surface area contributed by atoms with E-state index in [1.54, 1.807) is 46.7 Å². The van der Waals surface area contributed by atoms with Gasteiger partial charge in [0.25, 0.3) is 11.3 Å². The Kier molecular flexibility index (Phi) is 2.34. The zero-order valence-electron chi connectivity index (χ0n) is 11.1. The van der Waals surface area contributed by atoms with Crippen LogP contribution >= 0.6 is 0 Å². The second kappa shape index (κ2) is 4.20. The van der Waals surface area contributed by atoms with Crippen LogP contribution < -0.4 is 5.56 Å². The molecule has 0 amide bonds. The van der Waals surface area contributed by atoms with Crippen molar-refractivity contribution in [2.75, 3.05) is 0 Å². The van der Waals surface area contributed by atoms with Gasteiger partial charge in [-0.2, -0.15) is 14.6 Å². The number of pyridine rings is 2. The van der Waals surface area contributed by atoms with Crippen molar-refractivity contribution in [2.45, 2.75) is 6.92 Å². The molecule has 0 saturated heterocycles. The average molecular weight is 278 g/mol. The van der Waals surface area contributed by atoms with Crippen molar-refractivity contribution < 1.29 is 0 Å². The summed E-state index contributed by atoms with van der Waals surface area (Å²) in [6, 6.07) is 5.40. The molecule has 0 aliphatic carbocycles. The molecule has 0 atom stereocenters. The minimum atomic E-state index is -0.138. The van der Waals surface area contributed by atoms with Crippen molar-refractivity contribution in [3.8, 4) is 5.69 Å². The molecule has 0 fully saturated rings. The van der Waals surface area contributed by atoms with Crippen LogP contribution in [0, 0.1) is 6.92 Å². The molecule has 102 valence electrons. The first kappa shape index (κ1) is 11.7. The predicted octanol–water partition coefficient (Wildman–Crippen LogP) is 1.13. The molecule has 0 radical (unpaired) electrons. The van der Waals surface area contributed by atoms with E-state index in [1.807, 2.05) is 6.07 Å². The molecule has 0 aromatic carbocycles. The number of aromatic nitrogens is 6. The monoisotopic (exact) mass is 278 g/mol. The van der Waals surface area contributed by atoms with Gasteiger partial charge in [0.05, 0.1) is 22.3 Å². The van der Waals surface area contributed by atoms with E-state index in [4.69, 9.17) is 0 Å². The SMILES string of the molecule is Cc1nc2ncnn2c2ccn(-c3ccncc3)c(=O)c12. The number of hydrogen-bond donors (Lipinski definition) is 0. The molecule has 7 nitrogen and oxygen atoms in total. The third-order valence-electron chi connectivity index (χ3n) is 3.40. The molecule has 4 heterocycles. The maximum atomic E-state index is 12.8. The fourth-order valence-electron chi connectivity index (χ4n) is 2.44. The smallest absolute Gasteiger partial charge is 0.266 e. The van der Waals surface area contributed by atoms with Crippen molar-refractivity contribution in [3.63, 3.8) is 0 Å². The van der Waals surface area contributed by atoms with E-state index in [2.05, 4.69) is 20.1 Å². The normalized spacial score (nSPS) is 11.3. The summed E-state index contributed by atoms with van der Waals surface area (Å²) in [5.41, 5.74) is 1.96. The van der Waals surface area contributed by atoms with E-state index >= 15 is 0 Å². The Labute approximate surface area is 118 Å². The largest absolute Gasteiger partial charge is 0.283 e. The van der Waals surface area contributed by atoms with Crippen molar-refractivity contribution >= 4 is 16.7 Å². The topological polar surface area (TPSA) is 78.0 Å². The number of rotatable bonds is 1. The second-order valence-corrected chi connectivity index (χ2v) is 4.63. The lowest BCUT2D eigenvalue weighted by Crippen LogP contribution is -2.20. The van der Waals surface area contributed by atoms with Crippen LogP contribution in [0.1, 0.15) is 5.69 Å². The Morgan fingerprint density at radius 3 is 2.76 bits per heavy atom. The molecule has 0 aliphatic rings. The summed E-state index contributed by atoms with van der Waals surface area (Å²) < 4.78 is 3.14. The molecular formula is C14H10N6O. The molecule has 0 aliphatic heterocycles. The zero-order valence-corrected chi connectivity index (χ0v) is 11.1. The Balaban J connectivity index is 2.15. The Hall–Kier alpha value is -3.09. The van der Waals surface area contributed by atoms with E-state index in [9.17, 15) is 4.79 Å². The maximum absolute atomic E-state index is 12.8. The third kappa shape index (κ3) is 1.64. The highest BCUT2D eigenvalue weighted by Gasteiger charge is 2.12. The molecule has 0 unspecified atom stereocenters. The van der Waals surface area contributed by atoms with Gasteiger partial charge < -0.3 is 0 Å². The number of aryl methyl sites for hydroxylation is 1. The van der Waals surface area contributed by atoms with Gasteiger partial charge in [-0.3, -0.25) is 14.3 Å². The summed E-state index contributed by atoms with van der Waals surface area (Å²) in [5, 5.41) is 4.65. The van der Waals surface area contributed by atoms with E-state index in [0.29, 0.717) is 22.4 Å². The van der Waals surface area contributed by atoms with Gasteiger partial charge in [0.15, 0.2) is 0 Å². The second-order valence-electron chi connectivity index (χ2n) is 4.63. The van der Waals surface area contributed by atoms with Crippen LogP contribution in [0.15, 0.2) is 47.9 Å². The van der Waals surface area contributed by atoms with Gasteiger partial charge in [0.2, 0.25) is 0 Å². The molecule has 0 saturated carbocycles. The fourth-order valence-corrected chi connectivity index (χ4v) is 2.44. The first-order valence-corrected chi connectivity index (χ1v) is 6.38. The number of hydrogen-bond acceptors (Lipinski definition) is 5. The van der Waals surface area contributed by atoms with Gasteiger partial charge in [-0.25, -0.2) is 4.98 Å². The van der Waals surface area contributed by atoms with Gasteiger partial charge in [0, 0.05) is 18.6 Å². The van der Waals surface area contributed by atoms with E-state index in [-0.39, 0.29) is 5.56 Å². The summed E-state index contributed by atoms with van der Waals surface area (Å²) >= 11 is 0. The van der Waals surface area contributed by atoms with Crippen LogP contribution in [0.3, 0.4) is 0 Å². The van der Waals surface area contributed by atoms with E-state index in [0.717, 1.165) is 5.69 Å². The summed E-state index contributed by atoms with van der Waals surface area (Å²) in [5.74, 6) is 0.487.